The minimum absolute atomic E-state index is 0.763. The summed E-state index contributed by atoms with van der Waals surface area (Å²) in [6.45, 7) is 2.74. The molecular weight excluding hydrogens is 202 g/mol. The Hall–Kier alpha value is -2.04. The summed E-state index contributed by atoms with van der Waals surface area (Å²) in [5.74, 6) is 0.808. The summed E-state index contributed by atoms with van der Waals surface area (Å²) >= 11 is 0. The molecule has 0 fully saturated rings. The van der Waals surface area contributed by atoms with E-state index < -0.39 is 0 Å². The highest BCUT2D eigenvalue weighted by Crippen LogP contribution is 2.13. The van der Waals surface area contributed by atoms with Crippen molar-refractivity contribution >= 4 is 11.5 Å². The molecule has 5 heteroatoms. The first-order valence-electron chi connectivity index (χ1n) is 5.19. The predicted molar refractivity (Wildman–Crippen MR) is 64.2 cm³/mol. The number of hydrogen-bond acceptors (Lipinski definition) is 4. The summed E-state index contributed by atoms with van der Waals surface area (Å²) in [5, 5.41) is 3.21. The molecule has 84 valence electrons. The number of nitrogen functional groups attached to an aromatic ring is 1. The Morgan fingerprint density at radius 3 is 3.00 bits per heavy atom. The molecule has 16 heavy (non-hydrogen) atoms. The Labute approximate surface area is 94.1 Å². The van der Waals surface area contributed by atoms with E-state index in [4.69, 9.17) is 5.73 Å². The number of nitrogens with two attached hydrogens (primary N) is 1. The number of aromatic amines is 1. The number of hydrogen-bond donors (Lipinski definition) is 3. The van der Waals surface area contributed by atoms with Gasteiger partial charge in [-0.25, -0.2) is 9.97 Å². The highest BCUT2D eigenvalue weighted by atomic mass is 15.0. The Kier molecular flexibility index (Phi) is 3.05. The van der Waals surface area contributed by atoms with Gasteiger partial charge in [0.1, 0.15) is 5.82 Å². The smallest absolute Gasteiger partial charge is 0.127 e. The van der Waals surface area contributed by atoms with E-state index in [0.717, 1.165) is 35.7 Å². The molecule has 0 bridgehead atoms. The van der Waals surface area contributed by atoms with Gasteiger partial charge in [-0.2, -0.15) is 0 Å². The van der Waals surface area contributed by atoms with Crippen LogP contribution in [-0.4, -0.2) is 21.5 Å². The molecule has 0 aliphatic heterocycles. The average molecular weight is 217 g/mol. The van der Waals surface area contributed by atoms with Crippen molar-refractivity contribution in [2.75, 3.05) is 17.6 Å². The van der Waals surface area contributed by atoms with Crippen LogP contribution in [0.25, 0.3) is 0 Å². The van der Waals surface area contributed by atoms with Crippen LogP contribution in [0.5, 0.6) is 0 Å². The number of nitrogens with zero attached hydrogens (tertiary/aromatic N) is 2. The van der Waals surface area contributed by atoms with E-state index in [1.165, 1.54) is 0 Å². The summed E-state index contributed by atoms with van der Waals surface area (Å²) in [4.78, 5) is 11.2. The number of pyridine rings is 1. The molecule has 0 radical (unpaired) electrons. The lowest BCUT2D eigenvalue weighted by molar-refractivity contribution is 0.967. The van der Waals surface area contributed by atoms with Gasteiger partial charge in [0.25, 0.3) is 0 Å². The Balaban J connectivity index is 1.87. The van der Waals surface area contributed by atoms with Gasteiger partial charge in [-0.05, 0) is 12.5 Å². The summed E-state index contributed by atoms with van der Waals surface area (Å²) in [5.41, 5.74) is 8.66. The third kappa shape index (κ3) is 2.50. The zero-order chi connectivity index (χ0) is 11.4. The molecule has 0 atom stereocenters. The minimum atomic E-state index is 0.763. The molecule has 0 amide bonds. The topological polar surface area (TPSA) is 79.6 Å². The standard InChI is InChI=1S/C11H15N5/c1-8-5-15-11(4-10(8)12)14-3-2-9-6-13-7-16-9/h4-7H,2-3H2,1H3,(H,13,16)(H3,12,14,15). The number of aromatic nitrogens is 3. The van der Waals surface area contributed by atoms with Crippen LogP contribution in [0.2, 0.25) is 0 Å². The molecule has 0 aromatic carbocycles. The van der Waals surface area contributed by atoms with Crippen LogP contribution in [-0.2, 0) is 6.42 Å². The number of nitrogens with one attached hydrogen (secondary N) is 2. The SMILES string of the molecule is Cc1cnc(NCCc2cnc[nH]2)cc1N. The third-order valence-corrected chi connectivity index (χ3v) is 2.40. The monoisotopic (exact) mass is 217 g/mol. The maximum atomic E-state index is 5.79. The Morgan fingerprint density at radius 1 is 1.44 bits per heavy atom. The summed E-state index contributed by atoms with van der Waals surface area (Å²) in [6.07, 6.45) is 6.15. The van der Waals surface area contributed by atoms with Crippen LogP contribution < -0.4 is 11.1 Å². The fourth-order valence-corrected chi connectivity index (χ4v) is 1.38. The largest absolute Gasteiger partial charge is 0.398 e. The summed E-state index contributed by atoms with van der Waals surface area (Å²) in [7, 11) is 0. The van der Waals surface area contributed by atoms with Crippen molar-refractivity contribution in [3.8, 4) is 0 Å². The summed E-state index contributed by atoms with van der Waals surface area (Å²) in [6, 6.07) is 1.85. The minimum Gasteiger partial charge on any atom is -0.398 e. The first-order valence-corrected chi connectivity index (χ1v) is 5.19. The van der Waals surface area contributed by atoms with Crippen molar-refractivity contribution in [1.29, 1.82) is 0 Å². The molecule has 0 aliphatic rings. The first-order chi connectivity index (χ1) is 7.75. The van der Waals surface area contributed by atoms with Crippen LogP contribution in [0.3, 0.4) is 0 Å². The molecule has 5 nitrogen and oxygen atoms in total. The summed E-state index contributed by atoms with van der Waals surface area (Å²) < 4.78 is 0. The molecule has 2 rings (SSSR count). The zero-order valence-corrected chi connectivity index (χ0v) is 9.20. The van der Waals surface area contributed by atoms with E-state index in [0.29, 0.717) is 0 Å². The number of anilines is 2. The van der Waals surface area contributed by atoms with E-state index in [1.54, 1.807) is 12.5 Å². The van der Waals surface area contributed by atoms with Gasteiger partial charge in [0, 0.05) is 42.8 Å². The van der Waals surface area contributed by atoms with Crippen molar-refractivity contribution in [1.82, 2.24) is 15.0 Å². The van der Waals surface area contributed by atoms with Crippen molar-refractivity contribution in [2.24, 2.45) is 0 Å². The highest BCUT2D eigenvalue weighted by molar-refractivity contribution is 5.53. The van der Waals surface area contributed by atoms with Gasteiger partial charge in [0.05, 0.1) is 6.33 Å². The predicted octanol–water partition coefficient (Wildman–Crippen LogP) is 1.35. The van der Waals surface area contributed by atoms with E-state index in [2.05, 4.69) is 20.3 Å². The molecule has 4 N–H and O–H groups in total. The van der Waals surface area contributed by atoms with Gasteiger partial charge >= 0.3 is 0 Å². The molecule has 0 saturated heterocycles. The van der Waals surface area contributed by atoms with Crippen LogP contribution in [0.4, 0.5) is 11.5 Å². The second kappa shape index (κ2) is 4.65. The molecule has 0 unspecified atom stereocenters. The molecule has 0 saturated carbocycles. The third-order valence-electron chi connectivity index (χ3n) is 2.40. The second-order valence-electron chi connectivity index (χ2n) is 3.68. The van der Waals surface area contributed by atoms with E-state index >= 15 is 0 Å². The molecule has 2 aromatic rings. The number of rotatable bonds is 4. The van der Waals surface area contributed by atoms with E-state index in [-0.39, 0.29) is 0 Å². The number of aryl methyl sites for hydroxylation is 1. The molecular formula is C11H15N5. The van der Waals surface area contributed by atoms with Gasteiger partial charge < -0.3 is 16.0 Å². The Morgan fingerprint density at radius 2 is 2.31 bits per heavy atom. The quantitative estimate of drug-likeness (QED) is 0.722. The van der Waals surface area contributed by atoms with Crippen molar-refractivity contribution in [2.45, 2.75) is 13.3 Å². The lowest BCUT2D eigenvalue weighted by Crippen LogP contribution is -2.07. The van der Waals surface area contributed by atoms with E-state index in [1.807, 2.05) is 19.2 Å². The number of H-pyrrole nitrogens is 1. The van der Waals surface area contributed by atoms with Gasteiger partial charge in [-0.3, -0.25) is 0 Å². The lowest BCUT2D eigenvalue weighted by atomic mass is 10.2. The van der Waals surface area contributed by atoms with Crippen LogP contribution in [0.15, 0.2) is 24.8 Å². The van der Waals surface area contributed by atoms with E-state index in [9.17, 15) is 0 Å². The fourth-order valence-electron chi connectivity index (χ4n) is 1.38. The van der Waals surface area contributed by atoms with Gasteiger partial charge in [0.15, 0.2) is 0 Å². The average Bonchev–Trinajstić information content (AvgIpc) is 2.76. The number of imidazole rings is 1. The van der Waals surface area contributed by atoms with Crippen molar-refractivity contribution in [3.05, 3.63) is 36.0 Å². The first kappa shape index (κ1) is 10.5. The molecule has 2 heterocycles. The maximum Gasteiger partial charge on any atom is 0.127 e. The molecule has 0 aliphatic carbocycles. The van der Waals surface area contributed by atoms with Crippen LogP contribution >= 0.6 is 0 Å². The highest BCUT2D eigenvalue weighted by Gasteiger charge is 1.98. The normalized spacial score (nSPS) is 10.3. The maximum absolute atomic E-state index is 5.79. The van der Waals surface area contributed by atoms with Gasteiger partial charge in [-0.1, -0.05) is 0 Å². The molecule has 0 spiro atoms. The van der Waals surface area contributed by atoms with Crippen LogP contribution in [0, 0.1) is 6.92 Å². The lowest BCUT2D eigenvalue weighted by Gasteiger charge is -2.06. The Bertz CT molecular complexity index is 449. The zero-order valence-electron chi connectivity index (χ0n) is 9.20. The van der Waals surface area contributed by atoms with Gasteiger partial charge in [-0.15, -0.1) is 0 Å². The molecule has 2 aromatic heterocycles. The van der Waals surface area contributed by atoms with Crippen molar-refractivity contribution in [3.63, 3.8) is 0 Å². The fraction of sp³-hybridized carbons (Fsp3) is 0.273. The van der Waals surface area contributed by atoms with Crippen LogP contribution in [0.1, 0.15) is 11.3 Å². The second-order valence-corrected chi connectivity index (χ2v) is 3.68. The van der Waals surface area contributed by atoms with Crippen molar-refractivity contribution < 1.29 is 0 Å². The van der Waals surface area contributed by atoms with Gasteiger partial charge in [0.2, 0.25) is 0 Å².